The first kappa shape index (κ1) is 17.0. The van der Waals surface area contributed by atoms with Crippen molar-refractivity contribution in [3.8, 4) is 0 Å². The molecule has 1 aliphatic heterocycles. The molecule has 1 aliphatic rings. The predicted octanol–water partition coefficient (Wildman–Crippen LogP) is 4.81. The van der Waals surface area contributed by atoms with Crippen LogP contribution in [0.3, 0.4) is 0 Å². The molecule has 1 unspecified atom stereocenters. The molecule has 0 saturated carbocycles. The van der Waals surface area contributed by atoms with Gasteiger partial charge in [-0.25, -0.2) is 4.79 Å². The van der Waals surface area contributed by atoms with Crippen LogP contribution in [0, 0.1) is 0 Å². The Labute approximate surface area is 156 Å². The number of fused-ring (bicyclic) bond motifs is 2. The van der Waals surface area contributed by atoms with E-state index in [0.717, 1.165) is 17.5 Å². The van der Waals surface area contributed by atoms with Crippen LogP contribution in [0.4, 0.5) is 5.69 Å². The third kappa shape index (κ3) is 2.58. The first-order valence-electron chi connectivity index (χ1n) is 8.70. The van der Waals surface area contributed by atoms with Crippen molar-refractivity contribution in [3.63, 3.8) is 0 Å². The van der Waals surface area contributed by atoms with Gasteiger partial charge in [-0.2, -0.15) is 11.3 Å². The van der Waals surface area contributed by atoms with E-state index >= 15 is 0 Å². The van der Waals surface area contributed by atoms with Crippen molar-refractivity contribution in [1.29, 1.82) is 0 Å². The van der Waals surface area contributed by atoms with Gasteiger partial charge in [-0.15, -0.1) is 0 Å². The summed E-state index contributed by atoms with van der Waals surface area (Å²) < 4.78 is 5.53. The third-order valence-electron chi connectivity index (χ3n) is 5.52. The number of hydrogen-bond acceptors (Lipinski definition) is 5. The maximum atomic E-state index is 12.6. The fourth-order valence-electron chi connectivity index (χ4n) is 3.89. The van der Waals surface area contributed by atoms with E-state index < -0.39 is 5.63 Å². The molecule has 3 aromatic rings. The highest BCUT2D eigenvalue weighted by molar-refractivity contribution is 7.08. The maximum absolute atomic E-state index is 12.6. The van der Waals surface area contributed by atoms with Crippen molar-refractivity contribution < 1.29 is 9.21 Å². The molecule has 0 N–H and O–H groups in total. The van der Waals surface area contributed by atoms with Crippen LogP contribution in [-0.2, 0) is 0 Å². The summed E-state index contributed by atoms with van der Waals surface area (Å²) in [7, 11) is 2.07. The summed E-state index contributed by atoms with van der Waals surface area (Å²) in [5.41, 5.74) is 2.90. The molecule has 1 atom stereocenters. The van der Waals surface area contributed by atoms with Gasteiger partial charge in [-0.05, 0) is 55.3 Å². The van der Waals surface area contributed by atoms with E-state index in [-0.39, 0.29) is 16.9 Å². The fourth-order valence-corrected chi connectivity index (χ4v) is 4.52. The first-order valence-corrected chi connectivity index (χ1v) is 9.65. The number of thiophene rings is 1. The van der Waals surface area contributed by atoms with Crippen LogP contribution in [0.25, 0.3) is 11.0 Å². The second kappa shape index (κ2) is 5.81. The highest BCUT2D eigenvalue weighted by Crippen LogP contribution is 2.43. The zero-order valence-corrected chi connectivity index (χ0v) is 16.1. The van der Waals surface area contributed by atoms with E-state index in [2.05, 4.69) is 38.8 Å². The van der Waals surface area contributed by atoms with Crippen LogP contribution in [0.2, 0.25) is 0 Å². The van der Waals surface area contributed by atoms with E-state index in [9.17, 15) is 9.59 Å². The molecule has 2 aromatic heterocycles. The average molecular weight is 367 g/mol. The van der Waals surface area contributed by atoms with Crippen LogP contribution in [0.1, 0.15) is 54.6 Å². The van der Waals surface area contributed by atoms with Crippen LogP contribution in [0.5, 0.6) is 0 Å². The van der Waals surface area contributed by atoms with Gasteiger partial charge >= 0.3 is 5.63 Å². The topological polar surface area (TPSA) is 50.5 Å². The van der Waals surface area contributed by atoms with Gasteiger partial charge in [0.1, 0.15) is 11.1 Å². The molecule has 1 aromatic carbocycles. The molecule has 26 heavy (non-hydrogen) atoms. The number of carbonyl (C=O) groups excluding carboxylic acids is 1. The number of hydrogen-bond donors (Lipinski definition) is 0. The lowest BCUT2D eigenvalue weighted by Gasteiger charge is -2.45. The monoisotopic (exact) mass is 367 g/mol. The summed E-state index contributed by atoms with van der Waals surface area (Å²) in [5.74, 6) is 0.106. The Balaban J connectivity index is 1.90. The van der Waals surface area contributed by atoms with Crippen molar-refractivity contribution >= 4 is 33.8 Å². The number of ketones is 1. The van der Waals surface area contributed by atoms with E-state index in [4.69, 9.17) is 4.42 Å². The number of benzene rings is 1. The number of anilines is 1. The van der Waals surface area contributed by atoms with E-state index in [0.29, 0.717) is 17.1 Å². The SMILES string of the molecule is CC1CC(C)(C)N(C)c2cc3oc(=O)c(C(=O)c4ccsc4)cc3cc21. The molecule has 0 saturated heterocycles. The van der Waals surface area contributed by atoms with Gasteiger partial charge < -0.3 is 9.32 Å². The van der Waals surface area contributed by atoms with Crippen LogP contribution in [0.15, 0.2) is 44.2 Å². The number of carbonyl (C=O) groups is 1. The molecule has 0 amide bonds. The van der Waals surface area contributed by atoms with Crippen LogP contribution >= 0.6 is 11.3 Å². The summed E-state index contributed by atoms with van der Waals surface area (Å²) in [6, 6.07) is 7.40. The lowest BCUT2D eigenvalue weighted by molar-refractivity contribution is 0.103. The molecule has 3 heterocycles. The smallest absolute Gasteiger partial charge is 0.347 e. The Kier molecular flexibility index (Phi) is 3.81. The van der Waals surface area contributed by atoms with Crippen LogP contribution in [-0.4, -0.2) is 18.4 Å². The van der Waals surface area contributed by atoms with Crippen molar-refractivity contribution in [2.75, 3.05) is 11.9 Å². The Bertz CT molecular complexity index is 1060. The normalized spacial score (nSPS) is 18.8. The molecule has 0 radical (unpaired) electrons. The van der Waals surface area contributed by atoms with Gasteiger partial charge in [0.05, 0.1) is 0 Å². The van der Waals surface area contributed by atoms with Crippen molar-refractivity contribution in [1.82, 2.24) is 0 Å². The number of nitrogens with zero attached hydrogens (tertiary/aromatic N) is 1. The van der Waals surface area contributed by atoms with Gasteiger partial charge in [0.25, 0.3) is 0 Å². The summed E-state index contributed by atoms with van der Waals surface area (Å²) >= 11 is 1.43. The lowest BCUT2D eigenvalue weighted by atomic mass is 9.80. The van der Waals surface area contributed by atoms with Crippen molar-refractivity contribution in [2.45, 2.75) is 38.6 Å². The van der Waals surface area contributed by atoms with Gasteiger partial charge in [0.15, 0.2) is 0 Å². The second-order valence-electron chi connectivity index (χ2n) is 7.71. The number of rotatable bonds is 2. The van der Waals surface area contributed by atoms with E-state index in [1.54, 1.807) is 17.5 Å². The largest absolute Gasteiger partial charge is 0.422 e. The second-order valence-corrected chi connectivity index (χ2v) is 8.49. The minimum Gasteiger partial charge on any atom is -0.422 e. The van der Waals surface area contributed by atoms with Crippen LogP contribution < -0.4 is 10.5 Å². The molecule has 0 aliphatic carbocycles. The van der Waals surface area contributed by atoms with Gasteiger partial charge in [-0.1, -0.05) is 6.92 Å². The molecule has 5 heteroatoms. The highest BCUT2D eigenvalue weighted by atomic mass is 32.1. The molecule has 0 spiro atoms. The summed E-state index contributed by atoms with van der Waals surface area (Å²) in [4.78, 5) is 27.3. The Morgan fingerprint density at radius 1 is 1.31 bits per heavy atom. The zero-order valence-electron chi connectivity index (χ0n) is 15.3. The van der Waals surface area contributed by atoms with E-state index in [1.165, 1.54) is 16.9 Å². The van der Waals surface area contributed by atoms with Gasteiger partial charge in [0, 0.05) is 40.7 Å². The summed E-state index contributed by atoms with van der Waals surface area (Å²) in [6.45, 7) is 6.65. The van der Waals surface area contributed by atoms with Gasteiger partial charge in [0.2, 0.25) is 5.78 Å². The first-order chi connectivity index (χ1) is 12.3. The zero-order chi connectivity index (χ0) is 18.6. The highest BCUT2D eigenvalue weighted by Gasteiger charge is 2.34. The summed E-state index contributed by atoms with van der Waals surface area (Å²) in [5, 5.41) is 4.37. The molecular formula is C21H21NO3S. The average Bonchev–Trinajstić information content (AvgIpc) is 3.12. The third-order valence-corrected chi connectivity index (χ3v) is 6.20. The molecule has 0 fully saturated rings. The molecule has 134 valence electrons. The summed E-state index contributed by atoms with van der Waals surface area (Å²) in [6.07, 6.45) is 1.04. The predicted molar refractivity (Wildman–Crippen MR) is 106 cm³/mol. The maximum Gasteiger partial charge on any atom is 0.347 e. The minimum absolute atomic E-state index is 0.0369. The van der Waals surface area contributed by atoms with E-state index in [1.807, 2.05) is 11.4 Å². The quantitative estimate of drug-likeness (QED) is 0.482. The Hall–Kier alpha value is -2.40. The van der Waals surface area contributed by atoms with Crippen molar-refractivity contribution in [2.24, 2.45) is 0 Å². The lowest BCUT2D eigenvalue weighted by Crippen LogP contribution is -2.45. The minimum atomic E-state index is -0.584. The standard InChI is InChI=1S/C21H21NO3S/c1-12-10-21(2,3)22(4)17-9-18-14(7-15(12)17)8-16(20(24)25-18)19(23)13-5-6-26-11-13/h5-9,11-12H,10H2,1-4H3. The Morgan fingerprint density at radius 2 is 2.08 bits per heavy atom. The molecule has 0 bridgehead atoms. The Morgan fingerprint density at radius 3 is 2.77 bits per heavy atom. The van der Waals surface area contributed by atoms with Crippen molar-refractivity contribution in [3.05, 3.63) is 62.1 Å². The molecule has 4 nitrogen and oxygen atoms in total. The molecular weight excluding hydrogens is 346 g/mol. The molecule has 4 rings (SSSR count). The fraction of sp³-hybridized carbons (Fsp3) is 0.333. The van der Waals surface area contributed by atoms with Gasteiger partial charge in [-0.3, -0.25) is 4.79 Å².